The molecule has 2 aromatic carbocycles. The van der Waals surface area contributed by atoms with Crippen molar-refractivity contribution in [1.82, 2.24) is 4.98 Å². The number of para-hydroxylation sites is 2. The van der Waals surface area contributed by atoms with Crippen LogP contribution >= 0.6 is 12.2 Å². The SMILES string of the molecule is S=C1N=CN=N1.c1ccc2nc3ccccc3cc2c1. The van der Waals surface area contributed by atoms with E-state index in [0.717, 1.165) is 11.0 Å². The Bertz CT molecular complexity index is 720. The van der Waals surface area contributed by atoms with E-state index >= 15 is 0 Å². The van der Waals surface area contributed by atoms with Crippen molar-refractivity contribution in [2.45, 2.75) is 0 Å². The van der Waals surface area contributed by atoms with Crippen molar-refractivity contribution in [2.24, 2.45) is 15.2 Å². The number of benzene rings is 2. The van der Waals surface area contributed by atoms with E-state index in [1.807, 2.05) is 36.4 Å². The molecule has 96 valence electrons. The maximum absolute atomic E-state index is 4.58. The fraction of sp³-hybridized carbons (Fsp3) is 0. The molecule has 0 fully saturated rings. The number of aromatic nitrogens is 1. The van der Waals surface area contributed by atoms with E-state index in [9.17, 15) is 0 Å². The standard InChI is InChI=1S/C13H9N.C2HN3S/c1-3-7-12-10(5-1)9-11-6-2-4-8-13(11)14-12;6-2-3-1-4-5-2/h1-9H;1H. The summed E-state index contributed by atoms with van der Waals surface area (Å²) in [5.41, 5.74) is 2.12. The van der Waals surface area contributed by atoms with Crippen LogP contribution in [0.4, 0.5) is 0 Å². The first-order valence-electron chi connectivity index (χ1n) is 6.05. The zero-order valence-electron chi connectivity index (χ0n) is 10.5. The minimum Gasteiger partial charge on any atom is -0.248 e. The fourth-order valence-corrected chi connectivity index (χ4v) is 1.99. The third-order valence-electron chi connectivity index (χ3n) is 2.79. The van der Waals surface area contributed by atoms with Crippen LogP contribution in [0.2, 0.25) is 0 Å². The Hall–Kier alpha value is -2.53. The zero-order valence-corrected chi connectivity index (χ0v) is 11.3. The van der Waals surface area contributed by atoms with Gasteiger partial charge in [-0.25, -0.2) is 9.98 Å². The van der Waals surface area contributed by atoms with Crippen LogP contribution in [-0.2, 0) is 0 Å². The van der Waals surface area contributed by atoms with Gasteiger partial charge in [0.1, 0.15) is 6.34 Å². The molecule has 0 atom stereocenters. The maximum atomic E-state index is 4.58. The van der Waals surface area contributed by atoms with Crippen LogP contribution in [0.25, 0.3) is 21.8 Å². The van der Waals surface area contributed by atoms with Gasteiger partial charge in [0.2, 0.25) is 5.11 Å². The summed E-state index contributed by atoms with van der Waals surface area (Å²) in [6.45, 7) is 0. The van der Waals surface area contributed by atoms with Gasteiger partial charge in [0.15, 0.2) is 0 Å². The number of nitrogens with zero attached hydrogens (tertiary/aromatic N) is 4. The predicted octanol–water partition coefficient (Wildman–Crippen LogP) is 4.15. The summed E-state index contributed by atoms with van der Waals surface area (Å²) in [4.78, 5) is 8.09. The normalized spacial score (nSPS) is 12.7. The lowest BCUT2D eigenvalue weighted by atomic mass is 10.1. The highest BCUT2D eigenvalue weighted by Gasteiger charge is 1.96. The number of fused-ring (bicyclic) bond motifs is 2. The van der Waals surface area contributed by atoms with Crippen LogP contribution in [0.5, 0.6) is 0 Å². The number of hydrogen-bond acceptors (Lipinski definition) is 3. The van der Waals surface area contributed by atoms with Crippen molar-refractivity contribution in [3.05, 3.63) is 54.6 Å². The quantitative estimate of drug-likeness (QED) is 0.458. The molecule has 0 unspecified atom stereocenters. The molecule has 0 saturated heterocycles. The fourth-order valence-electron chi connectivity index (χ4n) is 1.90. The zero-order chi connectivity index (χ0) is 13.8. The highest BCUT2D eigenvalue weighted by atomic mass is 32.1. The van der Waals surface area contributed by atoms with E-state index in [1.54, 1.807) is 0 Å². The van der Waals surface area contributed by atoms with Crippen LogP contribution < -0.4 is 0 Å². The van der Waals surface area contributed by atoms with Gasteiger partial charge in [-0.2, -0.15) is 0 Å². The first-order chi connectivity index (χ1) is 9.83. The lowest BCUT2D eigenvalue weighted by Gasteiger charge is -1.99. The van der Waals surface area contributed by atoms with Crippen LogP contribution in [0, 0.1) is 0 Å². The van der Waals surface area contributed by atoms with Gasteiger partial charge in [0.25, 0.3) is 0 Å². The van der Waals surface area contributed by atoms with E-state index in [2.05, 4.69) is 50.6 Å². The third kappa shape index (κ3) is 2.73. The number of rotatable bonds is 0. The van der Waals surface area contributed by atoms with Crippen molar-refractivity contribution in [2.75, 3.05) is 0 Å². The molecule has 0 N–H and O–H groups in total. The Labute approximate surface area is 120 Å². The number of thiocarbonyl (C=S) groups is 1. The molecular weight excluding hydrogens is 268 g/mol. The monoisotopic (exact) mass is 278 g/mol. The minimum absolute atomic E-state index is 0.315. The molecule has 1 aliphatic rings. The van der Waals surface area contributed by atoms with Gasteiger partial charge in [-0.05, 0) is 30.4 Å². The van der Waals surface area contributed by atoms with Crippen molar-refractivity contribution < 1.29 is 0 Å². The highest BCUT2D eigenvalue weighted by Crippen LogP contribution is 2.18. The van der Waals surface area contributed by atoms with Crippen molar-refractivity contribution in [1.29, 1.82) is 0 Å². The predicted molar refractivity (Wildman–Crippen MR) is 85.2 cm³/mol. The number of pyridine rings is 1. The molecule has 2 heterocycles. The number of hydrogen-bond donors (Lipinski definition) is 0. The van der Waals surface area contributed by atoms with E-state index in [0.29, 0.717) is 5.11 Å². The Balaban J connectivity index is 0.000000170. The smallest absolute Gasteiger partial charge is 0.241 e. The third-order valence-corrected chi connectivity index (χ3v) is 2.98. The molecule has 5 heteroatoms. The highest BCUT2D eigenvalue weighted by molar-refractivity contribution is 7.80. The molecule has 0 bridgehead atoms. The second kappa shape index (κ2) is 5.63. The Morgan fingerprint density at radius 3 is 1.85 bits per heavy atom. The molecule has 0 aliphatic carbocycles. The van der Waals surface area contributed by atoms with E-state index in [-0.39, 0.29) is 0 Å². The maximum Gasteiger partial charge on any atom is 0.241 e. The lowest BCUT2D eigenvalue weighted by molar-refractivity contribution is 1.43. The molecule has 4 rings (SSSR count). The van der Waals surface area contributed by atoms with Crippen LogP contribution in [0.15, 0.2) is 69.8 Å². The van der Waals surface area contributed by atoms with Crippen molar-refractivity contribution in [3.63, 3.8) is 0 Å². The first-order valence-corrected chi connectivity index (χ1v) is 6.46. The number of aliphatic imine (C=N–C) groups is 1. The molecule has 1 aromatic heterocycles. The molecule has 4 nitrogen and oxygen atoms in total. The molecule has 3 aromatic rings. The summed E-state index contributed by atoms with van der Waals surface area (Å²) >= 11 is 4.46. The van der Waals surface area contributed by atoms with Gasteiger partial charge in [-0.15, -0.1) is 10.2 Å². The summed E-state index contributed by atoms with van der Waals surface area (Å²) in [6.07, 6.45) is 1.32. The van der Waals surface area contributed by atoms with Gasteiger partial charge in [-0.1, -0.05) is 36.4 Å². The summed E-state index contributed by atoms with van der Waals surface area (Å²) in [7, 11) is 0. The average Bonchev–Trinajstić information content (AvgIpc) is 2.97. The first kappa shape index (κ1) is 12.5. The Morgan fingerprint density at radius 1 is 0.800 bits per heavy atom. The summed E-state index contributed by atoms with van der Waals surface area (Å²) in [5.74, 6) is 0. The molecule has 0 saturated carbocycles. The van der Waals surface area contributed by atoms with Gasteiger partial charge in [-0.3, -0.25) is 0 Å². The Morgan fingerprint density at radius 2 is 1.40 bits per heavy atom. The average molecular weight is 278 g/mol. The molecular formula is C15H10N4S. The Kier molecular flexibility index (Phi) is 3.52. The van der Waals surface area contributed by atoms with E-state index in [4.69, 9.17) is 0 Å². The van der Waals surface area contributed by atoms with Gasteiger partial charge in [0.05, 0.1) is 11.0 Å². The second-order valence-corrected chi connectivity index (χ2v) is 4.48. The largest absolute Gasteiger partial charge is 0.248 e. The van der Waals surface area contributed by atoms with Gasteiger partial charge in [0, 0.05) is 10.8 Å². The minimum atomic E-state index is 0.315. The summed E-state index contributed by atoms with van der Waals surface area (Å²) in [5, 5.41) is 9.44. The van der Waals surface area contributed by atoms with Gasteiger partial charge < -0.3 is 0 Å². The summed E-state index contributed by atoms with van der Waals surface area (Å²) < 4.78 is 0. The van der Waals surface area contributed by atoms with E-state index in [1.165, 1.54) is 17.1 Å². The molecule has 0 amide bonds. The van der Waals surface area contributed by atoms with Crippen molar-refractivity contribution >= 4 is 45.5 Å². The second-order valence-electron chi connectivity index (χ2n) is 4.12. The number of azo groups is 1. The van der Waals surface area contributed by atoms with Crippen molar-refractivity contribution in [3.8, 4) is 0 Å². The van der Waals surface area contributed by atoms with Crippen LogP contribution in [0.1, 0.15) is 0 Å². The van der Waals surface area contributed by atoms with E-state index < -0.39 is 0 Å². The molecule has 0 radical (unpaired) electrons. The molecule has 20 heavy (non-hydrogen) atoms. The molecule has 0 spiro atoms. The van der Waals surface area contributed by atoms with Gasteiger partial charge >= 0.3 is 0 Å². The van der Waals surface area contributed by atoms with Crippen LogP contribution in [-0.4, -0.2) is 16.4 Å². The molecule has 1 aliphatic heterocycles. The van der Waals surface area contributed by atoms with Crippen LogP contribution in [0.3, 0.4) is 0 Å². The topological polar surface area (TPSA) is 50.0 Å². The summed E-state index contributed by atoms with van der Waals surface area (Å²) in [6, 6.07) is 18.6. The lowest BCUT2D eigenvalue weighted by Crippen LogP contribution is -1.80.